The smallest absolute Gasteiger partial charge is 0.423 e. The number of Topliss-reactive ketones (excluding diaryl/α,β-unsaturated/α-hetero) is 1. The number of nitrogens with zero attached hydrogens (tertiary/aromatic N) is 1. The number of hydrogen-bond donors (Lipinski definition) is 1. The molecular formula is C26H22INO8. The summed E-state index contributed by atoms with van der Waals surface area (Å²) in [4.78, 5) is 65.6. The molecule has 1 aromatic carbocycles. The second kappa shape index (κ2) is 8.68. The zero-order valence-electron chi connectivity index (χ0n) is 19.7. The molecule has 0 bridgehead atoms. The molecule has 9 nitrogen and oxygen atoms in total. The number of carbonyl (C=O) groups is 5. The number of fused-ring (bicyclic) bond motifs is 3. The van der Waals surface area contributed by atoms with Gasteiger partial charge < -0.3 is 14.6 Å². The van der Waals surface area contributed by atoms with Crippen LogP contribution in [0.5, 0.6) is 11.5 Å². The first-order valence-corrected chi connectivity index (χ1v) is 12.4. The molecule has 0 saturated carbocycles. The van der Waals surface area contributed by atoms with Crippen LogP contribution in [0, 0.1) is 21.3 Å². The van der Waals surface area contributed by atoms with Crippen LogP contribution in [-0.2, 0) is 23.9 Å². The van der Waals surface area contributed by atoms with E-state index in [1.54, 1.807) is 19.1 Å². The van der Waals surface area contributed by atoms with Gasteiger partial charge in [-0.1, -0.05) is 11.6 Å². The third kappa shape index (κ3) is 3.37. The lowest BCUT2D eigenvalue weighted by Gasteiger charge is -2.42. The first-order valence-electron chi connectivity index (χ1n) is 11.3. The Bertz CT molecular complexity index is 1370. The number of aromatic hydroxyl groups is 1. The Labute approximate surface area is 219 Å². The quantitative estimate of drug-likeness (QED) is 0.237. The normalized spacial score (nSPS) is 27.3. The van der Waals surface area contributed by atoms with Crippen LogP contribution < -0.4 is 4.74 Å². The Morgan fingerprint density at radius 1 is 1.11 bits per heavy atom. The monoisotopic (exact) mass is 603 g/mol. The van der Waals surface area contributed by atoms with Gasteiger partial charge in [0.1, 0.15) is 0 Å². The molecule has 10 heteroatoms. The van der Waals surface area contributed by atoms with Gasteiger partial charge in [-0.25, -0.2) is 4.79 Å². The predicted molar refractivity (Wildman–Crippen MR) is 133 cm³/mol. The van der Waals surface area contributed by atoms with Crippen LogP contribution in [0.4, 0.5) is 4.79 Å². The molecule has 5 rings (SSSR count). The third-order valence-corrected chi connectivity index (χ3v) is 8.35. The number of likely N-dealkylation sites (tertiary alicyclic amines) is 1. The molecule has 1 aliphatic heterocycles. The molecule has 186 valence electrons. The molecule has 1 heterocycles. The van der Waals surface area contributed by atoms with Crippen molar-refractivity contribution in [2.24, 2.45) is 17.8 Å². The van der Waals surface area contributed by atoms with Crippen LogP contribution in [0.3, 0.4) is 0 Å². The van der Waals surface area contributed by atoms with Crippen LogP contribution in [0.2, 0.25) is 0 Å². The molecule has 36 heavy (non-hydrogen) atoms. The fraction of sp³-hybridized carbons (Fsp3) is 0.346. The molecule has 1 aromatic rings. The lowest BCUT2D eigenvalue weighted by Crippen LogP contribution is -2.40. The zero-order chi connectivity index (χ0) is 26.0. The Balaban J connectivity index is 1.71. The Hall–Kier alpha value is -3.28. The van der Waals surface area contributed by atoms with Gasteiger partial charge in [-0.05, 0) is 72.0 Å². The molecule has 1 fully saturated rings. The molecule has 0 spiro atoms. The number of ketones is 2. The van der Waals surface area contributed by atoms with Crippen LogP contribution >= 0.6 is 22.6 Å². The van der Waals surface area contributed by atoms with E-state index >= 15 is 0 Å². The summed E-state index contributed by atoms with van der Waals surface area (Å²) in [5, 5.41) is 10.4. The van der Waals surface area contributed by atoms with Crippen molar-refractivity contribution < 1.29 is 38.6 Å². The fourth-order valence-corrected chi connectivity index (χ4v) is 6.55. The second-order valence-corrected chi connectivity index (χ2v) is 10.4. The minimum Gasteiger partial charge on any atom is -0.504 e. The van der Waals surface area contributed by atoms with Gasteiger partial charge >= 0.3 is 6.09 Å². The summed E-state index contributed by atoms with van der Waals surface area (Å²) in [6.45, 7) is 1.59. The highest BCUT2D eigenvalue weighted by Gasteiger charge is 2.58. The number of hydrogen-bond acceptors (Lipinski definition) is 8. The highest BCUT2D eigenvalue weighted by atomic mass is 127. The summed E-state index contributed by atoms with van der Waals surface area (Å²) in [7, 11) is 2.52. The van der Waals surface area contributed by atoms with E-state index in [-0.39, 0.29) is 35.9 Å². The largest absolute Gasteiger partial charge is 0.504 e. The van der Waals surface area contributed by atoms with Crippen LogP contribution in [0.25, 0.3) is 0 Å². The van der Waals surface area contributed by atoms with Gasteiger partial charge in [-0.2, -0.15) is 4.90 Å². The van der Waals surface area contributed by atoms with E-state index in [0.29, 0.717) is 30.8 Å². The first-order chi connectivity index (χ1) is 17.1. The number of carbonyl (C=O) groups excluding carboxylic acids is 5. The minimum atomic E-state index is -1.03. The molecular weight excluding hydrogens is 581 g/mol. The first kappa shape index (κ1) is 24.4. The van der Waals surface area contributed by atoms with Gasteiger partial charge in [0, 0.05) is 22.6 Å². The number of imide groups is 3. The van der Waals surface area contributed by atoms with Gasteiger partial charge in [0.05, 0.1) is 29.6 Å². The number of methoxy groups -OCH3 is 2. The van der Waals surface area contributed by atoms with Gasteiger partial charge in [0.15, 0.2) is 23.1 Å². The minimum absolute atomic E-state index is 0.0477. The highest BCUT2D eigenvalue weighted by Crippen LogP contribution is 2.55. The number of benzene rings is 1. The maximum atomic E-state index is 13.4. The molecule has 3 amide bonds. The summed E-state index contributed by atoms with van der Waals surface area (Å²) >= 11 is 1.96. The standard InChI is InChI=1S/C26H22INO8/c1-10-6-17(29)15-9-14-12(4-5-13-20(14)25(33)28(24(13)32)26(34)36-3)19(21(15)22(10)30)11-7-16(27)23(31)18(8-11)35-2/h4,6-8,13-14,19-20,31H,5,9H2,1-3H3. The van der Waals surface area contributed by atoms with Crippen LogP contribution in [0.15, 0.2) is 46.6 Å². The number of rotatable bonds is 2. The van der Waals surface area contributed by atoms with E-state index in [4.69, 9.17) is 4.74 Å². The molecule has 0 radical (unpaired) electrons. The van der Waals surface area contributed by atoms with Crippen molar-refractivity contribution in [2.45, 2.75) is 25.7 Å². The SMILES string of the molecule is COC(=O)N1C(=O)C2CC=C3C(c4cc(I)c(O)c(OC)c4)C4=C(CC3C2C1=O)C(=O)C=C(C)C4=O. The van der Waals surface area contributed by atoms with E-state index in [1.165, 1.54) is 13.2 Å². The van der Waals surface area contributed by atoms with Crippen molar-refractivity contribution in [3.8, 4) is 11.5 Å². The van der Waals surface area contributed by atoms with Crippen molar-refractivity contribution in [2.75, 3.05) is 14.2 Å². The summed E-state index contributed by atoms with van der Waals surface area (Å²) in [6.07, 6.45) is 2.43. The van der Waals surface area contributed by atoms with Crippen molar-refractivity contribution in [3.63, 3.8) is 0 Å². The third-order valence-electron chi connectivity index (χ3n) is 7.53. The van der Waals surface area contributed by atoms with Crippen molar-refractivity contribution in [3.05, 3.63) is 55.7 Å². The van der Waals surface area contributed by atoms with Gasteiger partial charge in [-0.3, -0.25) is 19.2 Å². The molecule has 4 atom stereocenters. The lowest BCUT2D eigenvalue weighted by atomic mass is 9.59. The maximum absolute atomic E-state index is 13.4. The summed E-state index contributed by atoms with van der Waals surface area (Å²) in [5.41, 5.74) is 2.32. The topological polar surface area (TPSA) is 127 Å². The molecule has 3 aliphatic carbocycles. The Morgan fingerprint density at radius 3 is 2.50 bits per heavy atom. The van der Waals surface area contributed by atoms with E-state index in [1.807, 2.05) is 28.7 Å². The molecule has 1 saturated heterocycles. The van der Waals surface area contributed by atoms with E-state index < -0.39 is 41.6 Å². The predicted octanol–water partition coefficient (Wildman–Crippen LogP) is 3.20. The number of halogens is 1. The average Bonchev–Trinajstić information content (AvgIpc) is 3.12. The molecule has 1 N–H and O–H groups in total. The van der Waals surface area contributed by atoms with E-state index in [0.717, 1.165) is 12.7 Å². The molecule has 0 aromatic heterocycles. The van der Waals surface area contributed by atoms with Crippen LogP contribution in [-0.4, -0.2) is 53.7 Å². The zero-order valence-corrected chi connectivity index (χ0v) is 21.8. The van der Waals surface area contributed by atoms with E-state index in [9.17, 15) is 29.1 Å². The summed E-state index contributed by atoms with van der Waals surface area (Å²) in [6, 6.07) is 3.34. The fourth-order valence-electron chi connectivity index (χ4n) is 5.93. The number of ether oxygens (including phenoxy) is 2. The number of amides is 3. The highest BCUT2D eigenvalue weighted by molar-refractivity contribution is 14.1. The molecule has 4 aliphatic rings. The van der Waals surface area contributed by atoms with Crippen LogP contribution in [0.1, 0.15) is 31.2 Å². The molecule has 4 unspecified atom stereocenters. The second-order valence-electron chi connectivity index (χ2n) is 9.26. The van der Waals surface area contributed by atoms with Gasteiger partial charge in [0.25, 0.3) is 0 Å². The van der Waals surface area contributed by atoms with Crippen molar-refractivity contribution in [1.29, 1.82) is 0 Å². The lowest BCUT2D eigenvalue weighted by molar-refractivity contribution is -0.137. The van der Waals surface area contributed by atoms with Crippen molar-refractivity contribution >= 4 is 52.1 Å². The number of phenols is 1. The van der Waals surface area contributed by atoms with E-state index in [2.05, 4.69) is 4.74 Å². The number of phenolic OH excluding ortho intramolecular Hbond substituents is 1. The van der Waals surface area contributed by atoms with Crippen molar-refractivity contribution in [1.82, 2.24) is 4.90 Å². The van der Waals surface area contributed by atoms with Gasteiger partial charge in [-0.15, -0.1) is 0 Å². The number of allylic oxidation sites excluding steroid dienone is 6. The average molecular weight is 603 g/mol. The Kier molecular flexibility index (Phi) is 5.89. The Morgan fingerprint density at radius 2 is 1.83 bits per heavy atom. The maximum Gasteiger partial charge on any atom is 0.423 e. The summed E-state index contributed by atoms with van der Waals surface area (Å²) < 4.78 is 10.5. The van der Waals surface area contributed by atoms with Gasteiger partial charge in [0.2, 0.25) is 11.8 Å². The summed E-state index contributed by atoms with van der Waals surface area (Å²) in [5.74, 6) is -4.55.